The van der Waals surface area contributed by atoms with Gasteiger partial charge in [0.15, 0.2) is 12.4 Å². The van der Waals surface area contributed by atoms with E-state index in [2.05, 4.69) is 10.4 Å². The number of ether oxygens (including phenoxy) is 1. The maximum Gasteiger partial charge on any atom is 0.345 e. The van der Waals surface area contributed by atoms with Gasteiger partial charge < -0.3 is 10.1 Å². The SMILES string of the molecule is Cn1c(-c2ccccc2)nn(CCNC(=O)COc2ccc(Cl)cc2)c1=O. The first-order valence-electron chi connectivity index (χ1n) is 8.39. The van der Waals surface area contributed by atoms with Crippen LogP contribution in [-0.4, -0.2) is 33.4 Å². The standard InChI is InChI=1S/C19H19ClN4O3/c1-23-18(14-5-3-2-4-6-14)22-24(19(23)26)12-11-21-17(25)13-27-16-9-7-15(20)8-10-16/h2-10H,11-13H2,1H3,(H,21,25). The Balaban J connectivity index is 1.52. The van der Waals surface area contributed by atoms with Gasteiger partial charge in [0.05, 0.1) is 6.54 Å². The highest BCUT2D eigenvalue weighted by atomic mass is 35.5. The molecule has 3 rings (SSSR count). The molecule has 0 atom stereocenters. The van der Waals surface area contributed by atoms with E-state index in [9.17, 15) is 9.59 Å². The van der Waals surface area contributed by atoms with Gasteiger partial charge in [-0.2, -0.15) is 0 Å². The van der Waals surface area contributed by atoms with E-state index in [0.717, 1.165) is 5.56 Å². The average Bonchev–Trinajstić information content (AvgIpc) is 2.97. The summed E-state index contributed by atoms with van der Waals surface area (Å²) in [5.74, 6) is 0.859. The molecular weight excluding hydrogens is 368 g/mol. The molecule has 2 aromatic carbocycles. The first-order valence-corrected chi connectivity index (χ1v) is 8.77. The van der Waals surface area contributed by atoms with Gasteiger partial charge >= 0.3 is 5.69 Å². The van der Waals surface area contributed by atoms with E-state index in [1.54, 1.807) is 31.3 Å². The first-order chi connectivity index (χ1) is 13.0. The van der Waals surface area contributed by atoms with Crippen LogP contribution in [0.1, 0.15) is 0 Å². The Morgan fingerprint density at radius 3 is 2.56 bits per heavy atom. The number of hydrogen-bond acceptors (Lipinski definition) is 4. The molecule has 0 aliphatic carbocycles. The van der Waals surface area contributed by atoms with Crippen LogP contribution in [0.3, 0.4) is 0 Å². The number of nitrogens with one attached hydrogen (secondary N) is 1. The van der Waals surface area contributed by atoms with Crippen molar-refractivity contribution in [1.82, 2.24) is 19.7 Å². The summed E-state index contributed by atoms with van der Waals surface area (Å²) < 4.78 is 8.19. The Kier molecular flexibility index (Phi) is 5.93. The maximum absolute atomic E-state index is 12.3. The van der Waals surface area contributed by atoms with Gasteiger partial charge in [0.2, 0.25) is 0 Å². The van der Waals surface area contributed by atoms with Crippen LogP contribution in [0.15, 0.2) is 59.4 Å². The van der Waals surface area contributed by atoms with Crippen LogP contribution in [0.25, 0.3) is 11.4 Å². The minimum Gasteiger partial charge on any atom is -0.484 e. The van der Waals surface area contributed by atoms with Crippen LogP contribution in [0.2, 0.25) is 5.02 Å². The number of benzene rings is 2. The molecule has 0 fully saturated rings. The summed E-state index contributed by atoms with van der Waals surface area (Å²) in [5.41, 5.74) is 0.622. The van der Waals surface area contributed by atoms with E-state index in [1.165, 1.54) is 9.25 Å². The minimum absolute atomic E-state index is 0.117. The minimum atomic E-state index is -0.280. The van der Waals surface area contributed by atoms with Gasteiger partial charge in [-0.25, -0.2) is 9.48 Å². The average molecular weight is 387 g/mol. The molecule has 0 bridgehead atoms. The molecule has 0 aliphatic rings. The van der Waals surface area contributed by atoms with Crippen molar-refractivity contribution in [3.05, 3.63) is 70.1 Å². The summed E-state index contributed by atoms with van der Waals surface area (Å²) in [4.78, 5) is 24.2. The Labute approximate surface area is 161 Å². The summed E-state index contributed by atoms with van der Waals surface area (Å²) in [7, 11) is 1.67. The summed E-state index contributed by atoms with van der Waals surface area (Å²) in [5, 5.41) is 7.66. The Morgan fingerprint density at radius 2 is 1.85 bits per heavy atom. The molecular formula is C19H19ClN4O3. The van der Waals surface area contributed by atoms with Gasteiger partial charge in [-0.15, -0.1) is 5.10 Å². The van der Waals surface area contributed by atoms with Crippen molar-refractivity contribution in [3.8, 4) is 17.1 Å². The molecule has 0 aliphatic heterocycles. The second-order valence-corrected chi connectivity index (χ2v) is 6.28. The van der Waals surface area contributed by atoms with E-state index < -0.39 is 0 Å². The van der Waals surface area contributed by atoms with Crippen molar-refractivity contribution in [2.75, 3.05) is 13.2 Å². The third-order valence-corrected chi connectivity index (χ3v) is 4.15. The third-order valence-electron chi connectivity index (χ3n) is 3.90. The lowest BCUT2D eigenvalue weighted by molar-refractivity contribution is -0.123. The molecule has 0 saturated heterocycles. The predicted molar refractivity (Wildman–Crippen MR) is 103 cm³/mol. The molecule has 1 aromatic heterocycles. The van der Waals surface area contributed by atoms with Gasteiger partial charge in [0.25, 0.3) is 5.91 Å². The monoisotopic (exact) mass is 386 g/mol. The smallest absolute Gasteiger partial charge is 0.345 e. The maximum atomic E-state index is 12.3. The molecule has 7 nitrogen and oxygen atoms in total. The topological polar surface area (TPSA) is 78.2 Å². The van der Waals surface area contributed by atoms with Gasteiger partial charge in [0.1, 0.15) is 5.75 Å². The van der Waals surface area contributed by atoms with E-state index in [4.69, 9.17) is 16.3 Å². The molecule has 0 saturated carbocycles. The van der Waals surface area contributed by atoms with Crippen LogP contribution in [-0.2, 0) is 18.4 Å². The van der Waals surface area contributed by atoms with E-state index in [1.807, 2.05) is 30.3 Å². The summed E-state index contributed by atoms with van der Waals surface area (Å²) in [6.45, 7) is 0.425. The quantitative estimate of drug-likeness (QED) is 0.674. The summed E-state index contributed by atoms with van der Waals surface area (Å²) >= 11 is 5.80. The van der Waals surface area contributed by atoms with Gasteiger partial charge in [0, 0.05) is 24.2 Å². The number of carbonyl (C=O) groups is 1. The normalized spacial score (nSPS) is 10.6. The van der Waals surface area contributed by atoms with Crippen LogP contribution in [0.5, 0.6) is 5.75 Å². The fraction of sp³-hybridized carbons (Fsp3) is 0.211. The largest absolute Gasteiger partial charge is 0.484 e. The van der Waals surface area contributed by atoms with Crippen LogP contribution < -0.4 is 15.7 Å². The number of aromatic nitrogens is 3. The van der Waals surface area contributed by atoms with Crippen molar-refractivity contribution >= 4 is 17.5 Å². The molecule has 8 heteroatoms. The highest BCUT2D eigenvalue weighted by molar-refractivity contribution is 6.30. The zero-order valence-electron chi connectivity index (χ0n) is 14.8. The zero-order valence-corrected chi connectivity index (χ0v) is 15.5. The Hall–Kier alpha value is -3.06. The highest BCUT2D eigenvalue weighted by Crippen LogP contribution is 2.15. The number of rotatable bonds is 7. The highest BCUT2D eigenvalue weighted by Gasteiger charge is 2.12. The van der Waals surface area contributed by atoms with Crippen LogP contribution >= 0.6 is 11.6 Å². The number of amides is 1. The Bertz CT molecular complexity index is 965. The van der Waals surface area contributed by atoms with Crippen molar-refractivity contribution in [1.29, 1.82) is 0 Å². The number of nitrogens with zero attached hydrogens (tertiary/aromatic N) is 3. The summed E-state index contributed by atoms with van der Waals surface area (Å²) in [6, 6.07) is 16.2. The lowest BCUT2D eigenvalue weighted by Crippen LogP contribution is -2.34. The molecule has 0 radical (unpaired) electrons. The second kappa shape index (κ2) is 8.55. The molecule has 1 N–H and O–H groups in total. The second-order valence-electron chi connectivity index (χ2n) is 5.85. The van der Waals surface area contributed by atoms with Crippen molar-refractivity contribution in [3.63, 3.8) is 0 Å². The molecule has 0 unspecified atom stereocenters. The number of hydrogen-bond donors (Lipinski definition) is 1. The molecule has 140 valence electrons. The van der Waals surface area contributed by atoms with Gasteiger partial charge in [-0.3, -0.25) is 9.36 Å². The number of carbonyl (C=O) groups excluding carboxylic acids is 1. The van der Waals surface area contributed by atoms with E-state index >= 15 is 0 Å². The lowest BCUT2D eigenvalue weighted by atomic mass is 10.2. The molecule has 3 aromatic rings. The molecule has 1 heterocycles. The van der Waals surface area contributed by atoms with Gasteiger partial charge in [-0.1, -0.05) is 41.9 Å². The van der Waals surface area contributed by atoms with E-state index in [-0.39, 0.29) is 31.3 Å². The number of halogens is 1. The van der Waals surface area contributed by atoms with Crippen LogP contribution in [0, 0.1) is 0 Å². The molecule has 0 spiro atoms. The van der Waals surface area contributed by atoms with Crippen molar-refractivity contribution in [2.45, 2.75) is 6.54 Å². The Morgan fingerprint density at radius 1 is 1.15 bits per heavy atom. The van der Waals surface area contributed by atoms with Crippen molar-refractivity contribution < 1.29 is 9.53 Å². The third kappa shape index (κ3) is 4.77. The fourth-order valence-corrected chi connectivity index (χ4v) is 2.63. The van der Waals surface area contributed by atoms with Crippen LogP contribution in [0.4, 0.5) is 0 Å². The molecule has 1 amide bonds. The fourth-order valence-electron chi connectivity index (χ4n) is 2.50. The first kappa shape index (κ1) is 18.7. The summed E-state index contributed by atoms with van der Waals surface area (Å²) in [6.07, 6.45) is 0. The molecule has 27 heavy (non-hydrogen) atoms. The van der Waals surface area contributed by atoms with Crippen molar-refractivity contribution in [2.24, 2.45) is 7.05 Å². The van der Waals surface area contributed by atoms with Gasteiger partial charge in [-0.05, 0) is 24.3 Å². The lowest BCUT2D eigenvalue weighted by Gasteiger charge is -2.07. The van der Waals surface area contributed by atoms with E-state index in [0.29, 0.717) is 16.6 Å². The predicted octanol–water partition coefficient (Wildman–Crippen LogP) is 2.10. The zero-order chi connectivity index (χ0) is 19.2.